The van der Waals surface area contributed by atoms with E-state index >= 15 is 0 Å². The molecule has 5 rings (SSSR count). The highest BCUT2D eigenvalue weighted by Crippen LogP contribution is 2.51. The van der Waals surface area contributed by atoms with Gasteiger partial charge in [0.1, 0.15) is 24.0 Å². The number of thiazole rings is 1. The smallest absolute Gasteiger partial charge is 0.352 e. The van der Waals surface area contributed by atoms with Crippen molar-refractivity contribution in [2.45, 2.75) is 49.5 Å². The van der Waals surface area contributed by atoms with E-state index in [0.717, 1.165) is 14.7 Å². The molecule has 0 saturated carbocycles. The molecule has 0 bridgehead atoms. The Kier molecular flexibility index (Phi) is 5.74. The zero-order valence-electron chi connectivity index (χ0n) is 19.2. The number of aromatic nitrogens is 2. The lowest BCUT2D eigenvalue weighted by Crippen LogP contribution is -2.63. The molecule has 0 spiro atoms. The van der Waals surface area contributed by atoms with Gasteiger partial charge in [0.05, 0.1) is 30.1 Å². The maximum Gasteiger partial charge on any atom is 0.352 e. The van der Waals surface area contributed by atoms with Gasteiger partial charge in [-0.25, -0.2) is 9.36 Å². The second-order valence-electron chi connectivity index (χ2n) is 9.03. The summed E-state index contributed by atoms with van der Waals surface area (Å²) in [6.45, 7) is 4.15. The Hall–Kier alpha value is -2.41. The second kappa shape index (κ2) is 8.36. The Bertz CT molecular complexity index is 1230. The highest BCUT2D eigenvalue weighted by atomic mass is 32.2. The molecule has 2 saturated heterocycles. The van der Waals surface area contributed by atoms with Gasteiger partial charge in [0.25, 0.3) is 6.33 Å². The Balaban J connectivity index is 1.52. The third-order valence-electron chi connectivity index (χ3n) is 7.18. The Labute approximate surface area is 204 Å². The van der Waals surface area contributed by atoms with Crippen LogP contribution in [0, 0.1) is 11.8 Å². The summed E-state index contributed by atoms with van der Waals surface area (Å²) in [6.07, 6.45) is 5.68. The second-order valence-corrected chi connectivity index (χ2v) is 10.9. The number of esters is 1. The van der Waals surface area contributed by atoms with Crippen molar-refractivity contribution in [1.82, 2.24) is 14.6 Å². The highest BCUT2D eigenvalue weighted by molar-refractivity contribution is 7.98. The summed E-state index contributed by atoms with van der Waals surface area (Å²) < 4.78 is 9.01. The minimum Gasteiger partial charge on any atom is -0.477 e. The van der Waals surface area contributed by atoms with Crippen molar-refractivity contribution in [3.8, 4) is 0 Å². The van der Waals surface area contributed by atoms with Crippen LogP contribution >= 0.6 is 23.1 Å². The molecule has 0 aliphatic carbocycles. The van der Waals surface area contributed by atoms with Gasteiger partial charge in [0.15, 0.2) is 0 Å². The molecule has 0 radical (unpaired) electrons. The van der Waals surface area contributed by atoms with E-state index < -0.39 is 18.0 Å². The van der Waals surface area contributed by atoms with Gasteiger partial charge in [-0.15, -0.1) is 0 Å². The first-order chi connectivity index (χ1) is 16.2. The predicted molar refractivity (Wildman–Crippen MR) is 124 cm³/mol. The SMILES string of the molecule is COC(=O)[C@@H]1C[C@H]([n+]2cn3cc(C4=C(C(=O)O)N5C(=O)[C@H]([C@@H](C)O)[C@H]5[C@H]4C)sc3c2SC)CN1. The largest absolute Gasteiger partial charge is 0.477 e. The number of carboxylic acid groups (broad SMARTS) is 1. The maximum absolute atomic E-state index is 12.7. The average molecular weight is 508 g/mol. The Morgan fingerprint density at radius 3 is 2.76 bits per heavy atom. The third-order valence-corrected chi connectivity index (χ3v) is 9.25. The van der Waals surface area contributed by atoms with E-state index in [1.165, 1.54) is 23.3 Å². The molecule has 12 heteroatoms. The number of aliphatic hydroxyl groups excluding tert-OH is 1. The molecule has 6 atom stereocenters. The number of aliphatic carboxylic acids is 1. The minimum absolute atomic E-state index is 0.0170. The van der Waals surface area contributed by atoms with Gasteiger partial charge >= 0.3 is 11.9 Å². The van der Waals surface area contributed by atoms with Gasteiger partial charge in [-0.2, -0.15) is 4.40 Å². The molecule has 2 aromatic rings. The van der Waals surface area contributed by atoms with Crippen molar-refractivity contribution in [2.24, 2.45) is 11.8 Å². The summed E-state index contributed by atoms with van der Waals surface area (Å²) in [5.74, 6) is -2.54. The molecule has 3 N–H and O–H groups in total. The molecule has 34 heavy (non-hydrogen) atoms. The van der Waals surface area contributed by atoms with E-state index in [4.69, 9.17) is 4.74 Å². The fourth-order valence-electron chi connectivity index (χ4n) is 5.63. The first-order valence-electron chi connectivity index (χ1n) is 11.1. The van der Waals surface area contributed by atoms with Crippen LogP contribution in [0.3, 0.4) is 0 Å². The molecule has 3 aliphatic rings. The van der Waals surface area contributed by atoms with Gasteiger partial charge < -0.3 is 25.2 Å². The molecule has 2 fully saturated rings. The predicted octanol–water partition coefficient (Wildman–Crippen LogP) is 0.739. The fourth-order valence-corrected chi connectivity index (χ4v) is 7.85. The fraction of sp³-hybridized carbons (Fsp3) is 0.545. The topological polar surface area (TPSA) is 124 Å². The van der Waals surface area contributed by atoms with Crippen LogP contribution in [0.5, 0.6) is 0 Å². The number of amides is 1. The van der Waals surface area contributed by atoms with Gasteiger partial charge in [0, 0.05) is 24.5 Å². The number of ether oxygens (including phenoxy) is 1. The lowest BCUT2D eigenvalue weighted by atomic mass is 9.77. The van der Waals surface area contributed by atoms with Crippen molar-refractivity contribution >= 4 is 51.3 Å². The van der Waals surface area contributed by atoms with Crippen LogP contribution in [0.2, 0.25) is 0 Å². The van der Waals surface area contributed by atoms with Crippen LogP contribution in [0.15, 0.2) is 23.2 Å². The lowest BCUT2D eigenvalue weighted by Gasteiger charge is -2.46. The molecule has 182 valence electrons. The molecule has 3 aliphatic heterocycles. The number of imidazole rings is 1. The number of fused-ring (bicyclic) bond motifs is 2. The molecular formula is C22H27N4O6S2+. The number of β-lactam (4-membered cyclic amide) rings is 1. The molecule has 10 nitrogen and oxygen atoms in total. The van der Waals surface area contributed by atoms with Crippen LogP contribution in [-0.2, 0) is 19.1 Å². The summed E-state index contributed by atoms with van der Waals surface area (Å²) >= 11 is 3.09. The number of thioether (sulfide) groups is 1. The Morgan fingerprint density at radius 2 is 2.15 bits per heavy atom. The number of nitrogens with zero attached hydrogens (tertiary/aromatic N) is 3. The van der Waals surface area contributed by atoms with Crippen molar-refractivity contribution in [3.05, 3.63) is 23.1 Å². The van der Waals surface area contributed by atoms with Crippen molar-refractivity contribution in [2.75, 3.05) is 19.9 Å². The number of hydrogen-bond donors (Lipinski definition) is 3. The third kappa shape index (κ3) is 3.23. The minimum atomic E-state index is -1.13. The summed E-state index contributed by atoms with van der Waals surface area (Å²) in [7, 11) is 1.39. The lowest BCUT2D eigenvalue weighted by molar-refractivity contribution is -0.750. The number of rotatable bonds is 6. The monoisotopic (exact) mass is 507 g/mol. The van der Waals surface area contributed by atoms with E-state index in [1.54, 1.807) is 18.7 Å². The normalized spacial score (nSPS) is 29.5. The molecule has 0 aromatic carbocycles. The van der Waals surface area contributed by atoms with Crippen LogP contribution < -0.4 is 9.88 Å². The standard InChI is InChI=1S/C22H26N4O6S2/c1-9-14(17(21(29)30)26-16(9)15(10(2)27)18(26)28)13-7-24-8-25(20(33-4)19(24)34-13)11-5-12(23-6-11)22(31)32-3/h7-12,15-16,23,27H,5-6H2,1-4H3/p+1/t9-,10+,11-,12-,15+,16+/m0/s1. The molecular weight excluding hydrogens is 480 g/mol. The van der Waals surface area contributed by atoms with Crippen molar-refractivity contribution in [1.29, 1.82) is 0 Å². The van der Waals surface area contributed by atoms with Crippen molar-refractivity contribution < 1.29 is 33.9 Å². The molecule has 2 aromatic heterocycles. The van der Waals surface area contributed by atoms with Crippen molar-refractivity contribution in [3.63, 3.8) is 0 Å². The van der Waals surface area contributed by atoms with Crippen LogP contribution in [-0.4, -0.2) is 75.5 Å². The van der Waals surface area contributed by atoms with Gasteiger partial charge in [-0.05, 0) is 13.2 Å². The van der Waals surface area contributed by atoms with Gasteiger partial charge in [0.2, 0.25) is 15.8 Å². The van der Waals surface area contributed by atoms with E-state index in [9.17, 15) is 24.6 Å². The summed E-state index contributed by atoms with van der Waals surface area (Å²) in [5.41, 5.74) is 0.651. The number of hydrogen-bond acceptors (Lipinski definition) is 8. The van der Waals surface area contributed by atoms with Gasteiger partial charge in [-0.1, -0.05) is 30.0 Å². The number of aliphatic hydroxyl groups is 1. The molecule has 1 amide bonds. The van der Waals surface area contributed by atoms with Crippen LogP contribution in [0.4, 0.5) is 0 Å². The molecule has 0 unspecified atom stereocenters. The van der Waals surface area contributed by atoms with Crippen LogP contribution in [0.25, 0.3) is 10.4 Å². The zero-order valence-corrected chi connectivity index (χ0v) is 20.9. The van der Waals surface area contributed by atoms with E-state index in [0.29, 0.717) is 18.5 Å². The number of nitrogens with one attached hydrogen (secondary N) is 1. The first-order valence-corrected chi connectivity index (χ1v) is 13.1. The van der Waals surface area contributed by atoms with Gasteiger partial charge in [-0.3, -0.25) is 9.59 Å². The highest BCUT2D eigenvalue weighted by Gasteiger charge is 2.60. The first kappa shape index (κ1) is 23.3. The molecule has 5 heterocycles. The van der Waals surface area contributed by atoms with E-state index in [2.05, 4.69) is 9.88 Å². The quantitative estimate of drug-likeness (QED) is 0.226. The van der Waals surface area contributed by atoms with E-state index in [1.807, 2.05) is 30.1 Å². The van der Waals surface area contributed by atoms with Crippen LogP contribution in [0.1, 0.15) is 31.2 Å². The number of carbonyl (C=O) groups excluding carboxylic acids is 2. The summed E-state index contributed by atoms with van der Waals surface area (Å²) in [5, 5.41) is 24.3. The number of carbonyl (C=O) groups is 3. The number of methoxy groups -OCH3 is 1. The summed E-state index contributed by atoms with van der Waals surface area (Å²) in [4.78, 5) is 39.9. The average Bonchev–Trinajstić information content (AvgIpc) is 3.52. The number of carboxylic acids is 1. The van der Waals surface area contributed by atoms with E-state index in [-0.39, 0.29) is 41.6 Å². The maximum atomic E-state index is 12.7. The summed E-state index contributed by atoms with van der Waals surface area (Å²) in [6, 6.07) is -0.593. The Morgan fingerprint density at radius 1 is 1.41 bits per heavy atom. The zero-order chi connectivity index (χ0) is 24.5.